The summed E-state index contributed by atoms with van der Waals surface area (Å²) in [5.74, 6) is -6.59. The van der Waals surface area contributed by atoms with E-state index in [0.717, 1.165) is 25.3 Å². The fourth-order valence-electron chi connectivity index (χ4n) is 2.53. The summed E-state index contributed by atoms with van der Waals surface area (Å²) in [6, 6.07) is 0.718. The first-order valence-electron chi connectivity index (χ1n) is 7.35. The van der Waals surface area contributed by atoms with Gasteiger partial charge in [0.1, 0.15) is 0 Å². The number of rotatable bonds is 9. The standard InChI is InChI=1S/C16H18O8/c1-2-3-4-5-6-8-9(13(17)18)7-10(14(19)20)12(16(23)24)11(8)15(21)22/h7H,2-6H2,1H3,(H,17,18)(H,19,20)(H,21,22)(H,23,24). The monoisotopic (exact) mass is 338 g/mol. The van der Waals surface area contributed by atoms with Crippen LogP contribution < -0.4 is 0 Å². The molecule has 0 atom stereocenters. The Morgan fingerprint density at radius 3 is 1.71 bits per heavy atom. The average Bonchev–Trinajstić information content (AvgIpc) is 2.49. The summed E-state index contributed by atoms with van der Waals surface area (Å²) >= 11 is 0. The van der Waals surface area contributed by atoms with Crippen molar-refractivity contribution in [2.24, 2.45) is 0 Å². The minimum absolute atomic E-state index is 0.0451. The van der Waals surface area contributed by atoms with E-state index < -0.39 is 46.1 Å². The highest BCUT2D eigenvalue weighted by atomic mass is 16.4. The van der Waals surface area contributed by atoms with Crippen molar-refractivity contribution in [1.82, 2.24) is 0 Å². The van der Waals surface area contributed by atoms with Gasteiger partial charge in [0.05, 0.1) is 22.3 Å². The summed E-state index contributed by atoms with van der Waals surface area (Å²) in [6.45, 7) is 1.97. The van der Waals surface area contributed by atoms with Crippen molar-refractivity contribution >= 4 is 23.9 Å². The van der Waals surface area contributed by atoms with Gasteiger partial charge in [0.15, 0.2) is 0 Å². The van der Waals surface area contributed by atoms with Crippen LogP contribution in [0.15, 0.2) is 6.07 Å². The smallest absolute Gasteiger partial charge is 0.337 e. The number of unbranched alkanes of at least 4 members (excludes halogenated alkanes) is 3. The molecule has 0 amide bonds. The molecule has 130 valence electrons. The molecule has 8 heteroatoms. The van der Waals surface area contributed by atoms with Crippen molar-refractivity contribution in [3.8, 4) is 0 Å². The Kier molecular flexibility index (Phi) is 6.46. The van der Waals surface area contributed by atoms with E-state index in [1.807, 2.05) is 6.92 Å². The van der Waals surface area contributed by atoms with Crippen molar-refractivity contribution < 1.29 is 39.6 Å². The zero-order valence-corrected chi connectivity index (χ0v) is 13.0. The normalized spacial score (nSPS) is 10.4. The fourth-order valence-corrected chi connectivity index (χ4v) is 2.53. The molecule has 0 unspecified atom stereocenters. The van der Waals surface area contributed by atoms with Crippen LogP contribution in [0, 0.1) is 0 Å². The van der Waals surface area contributed by atoms with Gasteiger partial charge in [-0.1, -0.05) is 26.2 Å². The lowest BCUT2D eigenvalue weighted by Crippen LogP contribution is -2.20. The van der Waals surface area contributed by atoms with Gasteiger partial charge in [-0.25, -0.2) is 19.2 Å². The molecule has 4 N–H and O–H groups in total. The van der Waals surface area contributed by atoms with E-state index in [1.54, 1.807) is 0 Å². The van der Waals surface area contributed by atoms with E-state index in [-0.39, 0.29) is 12.0 Å². The lowest BCUT2D eigenvalue weighted by Gasteiger charge is -2.15. The minimum atomic E-state index is -1.73. The van der Waals surface area contributed by atoms with Gasteiger partial charge in [-0.3, -0.25) is 0 Å². The van der Waals surface area contributed by atoms with E-state index in [0.29, 0.717) is 6.42 Å². The van der Waals surface area contributed by atoms with Crippen LogP contribution in [0.1, 0.15) is 79.6 Å². The van der Waals surface area contributed by atoms with Gasteiger partial charge in [-0.2, -0.15) is 0 Å². The summed E-state index contributed by atoms with van der Waals surface area (Å²) in [7, 11) is 0. The van der Waals surface area contributed by atoms with Gasteiger partial charge in [-0.15, -0.1) is 0 Å². The first-order chi connectivity index (χ1) is 11.2. The molecule has 0 aliphatic heterocycles. The number of benzene rings is 1. The molecule has 0 aliphatic carbocycles. The Bertz CT molecular complexity index is 690. The van der Waals surface area contributed by atoms with Gasteiger partial charge < -0.3 is 20.4 Å². The molecule has 1 aromatic rings. The third-order valence-corrected chi connectivity index (χ3v) is 3.60. The molecule has 0 aliphatic rings. The summed E-state index contributed by atoms with van der Waals surface area (Å²) in [5.41, 5.74) is -3.17. The van der Waals surface area contributed by atoms with E-state index in [1.165, 1.54) is 0 Å². The van der Waals surface area contributed by atoms with Crippen LogP contribution in [-0.2, 0) is 6.42 Å². The second-order valence-corrected chi connectivity index (χ2v) is 5.23. The van der Waals surface area contributed by atoms with Gasteiger partial charge in [0, 0.05) is 0 Å². The Labute approximate surface area is 137 Å². The molecule has 8 nitrogen and oxygen atoms in total. The van der Waals surface area contributed by atoms with Gasteiger partial charge in [0.25, 0.3) is 0 Å². The van der Waals surface area contributed by atoms with E-state index >= 15 is 0 Å². The zero-order chi connectivity index (χ0) is 18.4. The van der Waals surface area contributed by atoms with E-state index in [9.17, 15) is 34.5 Å². The first kappa shape index (κ1) is 19.1. The molecule has 0 saturated heterocycles. The molecular formula is C16H18O8. The lowest BCUT2D eigenvalue weighted by molar-refractivity contribution is 0.0630. The number of carbonyl (C=O) groups is 4. The predicted molar refractivity (Wildman–Crippen MR) is 82.1 cm³/mol. The van der Waals surface area contributed by atoms with Crippen LogP contribution in [0.5, 0.6) is 0 Å². The van der Waals surface area contributed by atoms with Crippen molar-refractivity contribution in [1.29, 1.82) is 0 Å². The number of carboxylic acid groups (broad SMARTS) is 4. The summed E-state index contributed by atoms with van der Waals surface area (Å²) in [5, 5.41) is 37.0. The third kappa shape index (κ3) is 4.09. The summed E-state index contributed by atoms with van der Waals surface area (Å²) < 4.78 is 0. The number of carboxylic acids is 4. The molecule has 1 rings (SSSR count). The SMILES string of the molecule is CCCCCCc1c(C(=O)O)cc(C(=O)O)c(C(=O)O)c1C(=O)O. The average molecular weight is 338 g/mol. The van der Waals surface area contributed by atoms with Crippen molar-refractivity contribution in [3.63, 3.8) is 0 Å². The lowest BCUT2D eigenvalue weighted by atomic mass is 9.88. The Hall–Kier alpha value is -2.90. The molecule has 0 heterocycles. The van der Waals surface area contributed by atoms with Crippen molar-refractivity contribution in [2.75, 3.05) is 0 Å². The molecule has 1 aromatic carbocycles. The topological polar surface area (TPSA) is 149 Å². The quantitative estimate of drug-likeness (QED) is 0.502. The highest BCUT2D eigenvalue weighted by molar-refractivity contribution is 6.12. The van der Waals surface area contributed by atoms with Crippen molar-refractivity contribution in [3.05, 3.63) is 33.9 Å². The van der Waals surface area contributed by atoms with Gasteiger partial charge in [0.2, 0.25) is 0 Å². The molecule has 0 bridgehead atoms. The van der Waals surface area contributed by atoms with Crippen LogP contribution in [0.2, 0.25) is 0 Å². The molecular weight excluding hydrogens is 320 g/mol. The van der Waals surface area contributed by atoms with Crippen LogP contribution >= 0.6 is 0 Å². The summed E-state index contributed by atoms with van der Waals surface area (Å²) in [4.78, 5) is 45.6. The molecule has 0 spiro atoms. The maximum atomic E-state index is 11.5. The maximum absolute atomic E-state index is 11.5. The number of hydrogen-bond acceptors (Lipinski definition) is 4. The second-order valence-electron chi connectivity index (χ2n) is 5.23. The molecule has 0 fully saturated rings. The largest absolute Gasteiger partial charge is 0.478 e. The predicted octanol–water partition coefficient (Wildman–Crippen LogP) is 2.60. The van der Waals surface area contributed by atoms with Crippen molar-refractivity contribution in [2.45, 2.75) is 39.0 Å². The Morgan fingerprint density at radius 1 is 0.750 bits per heavy atom. The number of hydrogen-bond donors (Lipinski definition) is 4. The Balaban J connectivity index is 3.65. The van der Waals surface area contributed by atoms with Gasteiger partial charge >= 0.3 is 23.9 Å². The molecule has 24 heavy (non-hydrogen) atoms. The van der Waals surface area contributed by atoms with Crippen LogP contribution in [-0.4, -0.2) is 44.3 Å². The van der Waals surface area contributed by atoms with Crippen LogP contribution in [0.3, 0.4) is 0 Å². The zero-order valence-electron chi connectivity index (χ0n) is 13.0. The first-order valence-corrected chi connectivity index (χ1v) is 7.35. The summed E-state index contributed by atoms with van der Waals surface area (Å²) in [6.07, 6.45) is 3.01. The van der Waals surface area contributed by atoms with Crippen LogP contribution in [0.25, 0.3) is 0 Å². The maximum Gasteiger partial charge on any atom is 0.337 e. The van der Waals surface area contributed by atoms with E-state index in [2.05, 4.69) is 0 Å². The second kappa shape index (κ2) is 8.09. The molecule has 0 radical (unpaired) electrons. The minimum Gasteiger partial charge on any atom is -0.478 e. The highest BCUT2D eigenvalue weighted by Crippen LogP contribution is 2.26. The molecule has 0 aromatic heterocycles. The van der Waals surface area contributed by atoms with Gasteiger partial charge in [-0.05, 0) is 24.5 Å². The molecule has 0 saturated carbocycles. The van der Waals surface area contributed by atoms with Crippen LogP contribution in [0.4, 0.5) is 0 Å². The van der Waals surface area contributed by atoms with E-state index in [4.69, 9.17) is 5.11 Å². The Morgan fingerprint density at radius 2 is 1.29 bits per heavy atom. The third-order valence-electron chi connectivity index (χ3n) is 3.60. The number of aromatic carboxylic acids is 4. The fraction of sp³-hybridized carbons (Fsp3) is 0.375. The highest BCUT2D eigenvalue weighted by Gasteiger charge is 2.31.